The number of rotatable bonds is 1. The standard InChI is InChI=1S/C40H29N/c1-40(2)33-17-9-8-16-31(33)38-36-28(14-10-18-34(36)40)24-32-37-30-15-5-3-4-12-26(30)20-22-35(37)41(39(32)38)29-21-19-25-11-6-7-13-27(25)23-29/h3,5-24H,4H2,1-2H3. The van der Waals surface area contributed by atoms with Gasteiger partial charge in [-0.15, -0.1) is 0 Å². The van der Waals surface area contributed by atoms with Crippen molar-refractivity contribution in [1.82, 2.24) is 4.57 Å². The van der Waals surface area contributed by atoms with Gasteiger partial charge in [0.05, 0.1) is 11.0 Å². The minimum Gasteiger partial charge on any atom is -0.309 e. The summed E-state index contributed by atoms with van der Waals surface area (Å²) in [6.45, 7) is 4.76. The average molecular weight is 524 g/mol. The van der Waals surface area contributed by atoms with Crippen LogP contribution in [0.5, 0.6) is 0 Å². The third-order valence-electron chi connectivity index (χ3n) is 9.54. The molecule has 0 saturated carbocycles. The number of allylic oxidation sites excluding steroid dienone is 2. The van der Waals surface area contributed by atoms with E-state index in [1.165, 1.54) is 81.7 Å². The Morgan fingerprint density at radius 3 is 2.41 bits per heavy atom. The highest BCUT2D eigenvalue weighted by Crippen LogP contribution is 2.52. The molecule has 0 atom stereocenters. The van der Waals surface area contributed by atoms with Gasteiger partial charge in [0, 0.05) is 27.4 Å². The van der Waals surface area contributed by atoms with E-state index >= 15 is 0 Å². The summed E-state index contributed by atoms with van der Waals surface area (Å²) in [5.41, 5.74) is 9.17. The first kappa shape index (κ1) is 22.9. The van der Waals surface area contributed by atoms with Crippen LogP contribution >= 0.6 is 0 Å². The summed E-state index contributed by atoms with van der Waals surface area (Å²) in [5.74, 6) is 0. The van der Waals surface area contributed by atoms with Gasteiger partial charge in [0.25, 0.3) is 0 Å². The summed E-state index contributed by atoms with van der Waals surface area (Å²) in [6.07, 6.45) is 10.1. The molecule has 0 fully saturated rings. The second-order valence-corrected chi connectivity index (χ2v) is 12.1. The second kappa shape index (κ2) is 8.08. The van der Waals surface area contributed by atoms with E-state index in [1.54, 1.807) is 0 Å². The van der Waals surface area contributed by atoms with Crippen molar-refractivity contribution in [2.24, 2.45) is 0 Å². The Bertz CT molecular complexity index is 2410. The van der Waals surface area contributed by atoms with Gasteiger partial charge in [-0.25, -0.2) is 0 Å². The zero-order chi connectivity index (χ0) is 27.3. The highest BCUT2D eigenvalue weighted by Gasteiger charge is 2.35. The van der Waals surface area contributed by atoms with Gasteiger partial charge in [-0.05, 0) is 79.4 Å². The normalized spacial score (nSPS) is 15.0. The molecule has 0 spiro atoms. The van der Waals surface area contributed by atoms with Crippen molar-refractivity contribution < 1.29 is 0 Å². The molecule has 0 saturated heterocycles. The lowest BCUT2D eigenvalue weighted by atomic mass is 9.68. The molecule has 9 rings (SSSR count). The molecular weight excluding hydrogens is 494 g/mol. The third-order valence-corrected chi connectivity index (χ3v) is 9.54. The smallest absolute Gasteiger partial charge is 0.0626 e. The zero-order valence-corrected chi connectivity index (χ0v) is 23.3. The van der Waals surface area contributed by atoms with Crippen molar-refractivity contribution in [3.8, 4) is 16.8 Å². The summed E-state index contributed by atoms with van der Waals surface area (Å²) in [6, 6.07) is 38.7. The van der Waals surface area contributed by atoms with Crippen LogP contribution in [0.1, 0.15) is 31.4 Å². The Balaban J connectivity index is 1.59. The lowest BCUT2D eigenvalue weighted by Crippen LogP contribution is -2.24. The first-order valence-corrected chi connectivity index (χ1v) is 14.6. The summed E-state index contributed by atoms with van der Waals surface area (Å²) in [5, 5.41) is 10.5. The minimum absolute atomic E-state index is 0.0822. The van der Waals surface area contributed by atoms with Crippen LogP contribution < -0.4 is 10.4 Å². The summed E-state index contributed by atoms with van der Waals surface area (Å²) < 4.78 is 2.54. The summed E-state index contributed by atoms with van der Waals surface area (Å²) in [4.78, 5) is 0. The molecular formula is C40H29N. The number of benzene rings is 6. The first-order chi connectivity index (χ1) is 20.1. The van der Waals surface area contributed by atoms with Gasteiger partial charge in [0.2, 0.25) is 0 Å². The highest BCUT2D eigenvalue weighted by molar-refractivity contribution is 6.23. The van der Waals surface area contributed by atoms with Crippen LogP contribution in [0.2, 0.25) is 0 Å². The van der Waals surface area contributed by atoms with Crippen molar-refractivity contribution in [3.05, 3.63) is 137 Å². The van der Waals surface area contributed by atoms with Gasteiger partial charge >= 0.3 is 0 Å². The Morgan fingerprint density at radius 1 is 0.683 bits per heavy atom. The molecule has 0 aliphatic heterocycles. The molecule has 2 aliphatic rings. The van der Waals surface area contributed by atoms with E-state index in [0.29, 0.717) is 0 Å². The lowest BCUT2D eigenvalue weighted by molar-refractivity contribution is 0.645. The Morgan fingerprint density at radius 2 is 1.49 bits per heavy atom. The minimum atomic E-state index is -0.0822. The highest BCUT2D eigenvalue weighted by atomic mass is 15.0. The molecule has 2 aliphatic carbocycles. The van der Waals surface area contributed by atoms with Gasteiger partial charge in [-0.1, -0.05) is 117 Å². The SMILES string of the molecule is CC1(C)c2ccccc2-c2c3c1cccc3cc1c3c4c(ccc3n(-c3ccc5ccccc5c3)c21)=CCC=CC=4. The number of hydrogen-bond donors (Lipinski definition) is 0. The molecule has 194 valence electrons. The number of nitrogens with zero attached hydrogens (tertiary/aromatic N) is 1. The van der Waals surface area contributed by atoms with Crippen LogP contribution in [0.3, 0.4) is 0 Å². The Kier molecular flexibility index (Phi) is 4.51. The third kappa shape index (κ3) is 3.01. The fraction of sp³-hybridized carbons (Fsp3) is 0.100. The number of aromatic nitrogens is 1. The van der Waals surface area contributed by atoms with Crippen LogP contribution in [-0.2, 0) is 5.41 Å². The van der Waals surface area contributed by atoms with Gasteiger partial charge in [-0.2, -0.15) is 0 Å². The maximum atomic E-state index is 2.54. The summed E-state index contributed by atoms with van der Waals surface area (Å²) in [7, 11) is 0. The van der Waals surface area contributed by atoms with E-state index in [9.17, 15) is 0 Å². The van der Waals surface area contributed by atoms with Gasteiger partial charge in [-0.3, -0.25) is 0 Å². The molecule has 6 aromatic carbocycles. The molecule has 1 heteroatoms. The van der Waals surface area contributed by atoms with Crippen LogP contribution in [0, 0.1) is 0 Å². The van der Waals surface area contributed by atoms with E-state index in [0.717, 1.165) is 6.42 Å². The molecule has 0 radical (unpaired) electrons. The monoisotopic (exact) mass is 523 g/mol. The predicted molar refractivity (Wildman–Crippen MR) is 175 cm³/mol. The lowest BCUT2D eigenvalue weighted by Gasteiger charge is -2.35. The van der Waals surface area contributed by atoms with Crippen molar-refractivity contribution >= 4 is 55.5 Å². The molecule has 0 unspecified atom stereocenters. The van der Waals surface area contributed by atoms with Crippen LogP contribution in [0.4, 0.5) is 0 Å². The second-order valence-electron chi connectivity index (χ2n) is 12.1. The number of hydrogen-bond acceptors (Lipinski definition) is 0. The van der Waals surface area contributed by atoms with E-state index in [4.69, 9.17) is 0 Å². The molecule has 1 aromatic heterocycles. The molecule has 1 nitrogen and oxygen atoms in total. The topological polar surface area (TPSA) is 4.93 Å². The van der Waals surface area contributed by atoms with Gasteiger partial charge in [0.1, 0.15) is 0 Å². The van der Waals surface area contributed by atoms with Crippen molar-refractivity contribution in [3.63, 3.8) is 0 Å². The Labute approximate surface area is 239 Å². The molecule has 0 N–H and O–H groups in total. The van der Waals surface area contributed by atoms with E-state index in [1.807, 2.05) is 0 Å². The molecule has 41 heavy (non-hydrogen) atoms. The van der Waals surface area contributed by atoms with E-state index in [-0.39, 0.29) is 5.41 Å². The largest absolute Gasteiger partial charge is 0.309 e. The van der Waals surface area contributed by atoms with Crippen LogP contribution in [-0.4, -0.2) is 4.57 Å². The molecule has 0 bridgehead atoms. The Hall–Kier alpha value is -4.88. The van der Waals surface area contributed by atoms with Crippen molar-refractivity contribution in [1.29, 1.82) is 0 Å². The first-order valence-electron chi connectivity index (χ1n) is 14.6. The van der Waals surface area contributed by atoms with Crippen molar-refractivity contribution in [2.75, 3.05) is 0 Å². The van der Waals surface area contributed by atoms with E-state index in [2.05, 4.69) is 146 Å². The van der Waals surface area contributed by atoms with Gasteiger partial charge < -0.3 is 4.57 Å². The maximum Gasteiger partial charge on any atom is 0.0626 e. The zero-order valence-electron chi connectivity index (χ0n) is 23.3. The van der Waals surface area contributed by atoms with Gasteiger partial charge in [0.15, 0.2) is 0 Å². The predicted octanol–water partition coefficient (Wildman–Crippen LogP) is 8.92. The molecule has 7 aromatic rings. The van der Waals surface area contributed by atoms with Crippen LogP contribution in [0.25, 0.3) is 72.3 Å². The van der Waals surface area contributed by atoms with Crippen molar-refractivity contribution in [2.45, 2.75) is 25.7 Å². The molecule has 0 amide bonds. The summed E-state index contributed by atoms with van der Waals surface area (Å²) >= 11 is 0. The van der Waals surface area contributed by atoms with E-state index < -0.39 is 0 Å². The number of fused-ring (bicyclic) bond motifs is 9. The average Bonchev–Trinajstić information content (AvgIpc) is 3.14. The quantitative estimate of drug-likeness (QED) is 0.202. The fourth-order valence-electron chi connectivity index (χ4n) is 7.64. The van der Waals surface area contributed by atoms with Crippen LogP contribution in [0.15, 0.2) is 115 Å². The fourth-order valence-corrected chi connectivity index (χ4v) is 7.64. The maximum absolute atomic E-state index is 2.54. The molecule has 1 heterocycles.